The predicted molar refractivity (Wildman–Crippen MR) is 240 cm³/mol. The van der Waals surface area contributed by atoms with Gasteiger partial charge in [0.1, 0.15) is 13.2 Å². The molecule has 0 aliphatic heterocycles. The van der Waals surface area contributed by atoms with Crippen LogP contribution in [-0.2, 0) is 18.4 Å². The van der Waals surface area contributed by atoms with Crippen LogP contribution in [0.3, 0.4) is 0 Å². The Morgan fingerprint density at radius 2 is 1.07 bits per heavy atom. The molecule has 9 heteroatoms. The molecule has 3 atom stereocenters. The SMILES string of the molecule is CC/C=C\C/C=C\C/C=C\C/C=C\CCCCCCCCC(=O)NC(COP(=O)(O)OCC[N+](C)(C)C)C(O)/C=C/CCCCCCCCCCCCCCC. The first kappa shape index (κ1) is 54.2. The Hall–Kier alpha value is -1.80. The molecule has 0 heterocycles. The Labute approximate surface area is 345 Å². The van der Waals surface area contributed by atoms with Crippen LogP contribution in [-0.4, -0.2) is 73.4 Å². The normalized spacial score (nSPS) is 14.9. The lowest BCUT2D eigenvalue weighted by Gasteiger charge is -2.25. The summed E-state index contributed by atoms with van der Waals surface area (Å²) in [6, 6.07) is -0.855. The van der Waals surface area contributed by atoms with Gasteiger partial charge in [-0.3, -0.25) is 13.8 Å². The molecule has 0 aromatic carbocycles. The Kier molecular flexibility index (Phi) is 37.5. The average Bonchev–Trinajstić information content (AvgIpc) is 3.15. The van der Waals surface area contributed by atoms with Crippen LogP contribution in [0.5, 0.6) is 0 Å². The molecule has 3 N–H and O–H groups in total. The van der Waals surface area contributed by atoms with Gasteiger partial charge in [0, 0.05) is 6.42 Å². The Morgan fingerprint density at radius 1 is 0.625 bits per heavy atom. The summed E-state index contributed by atoms with van der Waals surface area (Å²) in [7, 11) is 1.55. The maximum atomic E-state index is 12.9. The lowest BCUT2D eigenvalue weighted by atomic mass is 10.0. The number of hydrogen-bond acceptors (Lipinski definition) is 5. The number of aliphatic hydroxyl groups excluding tert-OH is 1. The second-order valence-corrected chi connectivity index (χ2v) is 17.9. The van der Waals surface area contributed by atoms with Gasteiger partial charge in [-0.2, -0.15) is 0 Å². The van der Waals surface area contributed by atoms with Crippen molar-refractivity contribution in [1.29, 1.82) is 0 Å². The lowest BCUT2D eigenvalue weighted by Crippen LogP contribution is -2.45. The number of rotatable bonds is 40. The number of quaternary nitrogens is 1. The van der Waals surface area contributed by atoms with E-state index >= 15 is 0 Å². The predicted octanol–water partition coefficient (Wildman–Crippen LogP) is 12.6. The molecule has 1 amide bonds. The number of likely N-dealkylation sites (N-methyl/N-ethyl adjacent to an activating group) is 1. The van der Waals surface area contributed by atoms with Crippen molar-refractivity contribution in [1.82, 2.24) is 5.32 Å². The van der Waals surface area contributed by atoms with Crippen LogP contribution in [0.15, 0.2) is 60.8 Å². The number of phosphoric acid groups is 1. The van der Waals surface area contributed by atoms with Gasteiger partial charge in [0.25, 0.3) is 0 Å². The molecule has 0 aromatic heterocycles. The van der Waals surface area contributed by atoms with E-state index in [4.69, 9.17) is 9.05 Å². The number of hydrogen-bond donors (Lipinski definition) is 3. The van der Waals surface area contributed by atoms with Crippen molar-refractivity contribution >= 4 is 13.7 Å². The highest BCUT2D eigenvalue weighted by Crippen LogP contribution is 2.43. The second kappa shape index (κ2) is 38.7. The first-order chi connectivity index (χ1) is 27.0. The van der Waals surface area contributed by atoms with Crippen LogP contribution >= 0.6 is 7.82 Å². The van der Waals surface area contributed by atoms with Gasteiger partial charge in [0.05, 0.1) is 39.9 Å². The van der Waals surface area contributed by atoms with E-state index in [1.807, 2.05) is 27.2 Å². The minimum absolute atomic E-state index is 0.0559. The molecule has 0 fully saturated rings. The summed E-state index contributed by atoms with van der Waals surface area (Å²) in [5, 5.41) is 13.8. The van der Waals surface area contributed by atoms with Crippen LogP contribution in [0.1, 0.15) is 181 Å². The first-order valence-corrected chi connectivity index (χ1v) is 24.2. The minimum atomic E-state index is -4.34. The molecule has 0 saturated carbocycles. The van der Waals surface area contributed by atoms with E-state index in [2.05, 4.69) is 67.8 Å². The van der Waals surface area contributed by atoms with E-state index in [-0.39, 0.29) is 19.1 Å². The number of nitrogens with one attached hydrogen (secondary N) is 1. The number of amides is 1. The third-order valence-corrected chi connectivity index (χ3v) is 10.7. The van der Waals surface area contributed by atoms with Gasteiger partial charge in [-0.25, -0.2) is 4.57 Å². The van der Waals surface area contributed by atoms with Gasteiger partial charge >= 0.3 is 7.82 Å². The molecule has 56 heavy (non-hydrogen) atoms. The van der Waals surface area contributed by atoms with Crippen LogP contribution in [0.25, 0.3) is 0 Å². The smallest absolute Gasteiger partial charge is 0.387 e. The molecular formula is C47H88N2O6P+. The average molecular weight is 808 g/mol. The number of aliphatic hydroxyl groups is 1. The number of unbranched alkanes of at least 4 members (excludes halogenated alkanes) is 19. The molecule has 0 aromatic rings. The summed E-state index contributed by atoms with van der Waals surface area (Å²) in [5.41, 5.74) is 0. The van der Waals surface area contributed by atoms with Crippen molar-refractivity contribution in [2.75, 3.05) is 40.9 Å². The number of phosphoric ester groups is 1. The van der Waals surface area contributed by atoms with Gasteiger partial charge in [-0.15, -0.1) is 0 Å². The second-order valence-electron chi connectivity index (χ2n) is 16.4. The fraction of sp³-hybridized carbons (Fsp3) is 0.766. The van der Waals surface area contributed by atoms with E-state index in [1.165, 1.54) is 83.5 Å². The quantitative estimate of drug-likeness (QED) is 0.0246. The molecule has 0 spiro atoms. The lowest BCUT2D eigenvalue weighted by molar-refractivity contribution is -0.870. The highest BCUT2D eigenvalue weighted by molar-refractivity contribution is 7.47. The summed E-state index contributed by atoms with van der Waals surface area (Å²) >= 11 is 0. The van der Waals surface area contributed by atoms with E-state index in [0.29, 0.717) is 17.4 Å². The molecular weight excluding hydrogens is 719 g/mol. The van der Waals surface area contributed by atoms with Crippen molar-refractivity contribution in [3.63, 3.8) is 0 Å². The molecule has 8 nitrogen and oxygen atoms in total. The highest BCUT2D eigenvalue weighted by Gasteiger charge is 2.27. The van der Waals surface area contributed by atoms with Crippen molar-refractivity contribution in [3.8, 4) is 0 Å². The zero-order valence-corrected chi connectivity index (χ0v) is 37.8. The summed E-state index contributed by atoms with van der Waals surface area (Å²) < 4.78 is 23.6. The van der Waals surface area contributed by atoms with Crippen molar-refractivity contribution in [2.24, 2.45) is 0 Å². The fourth-order valence-corrected chi connectivity index (χ4v) is 6.88. The number of nitrogens with zero attached hydrogens (tertiary/aromatic N) is 1. The minimum Gasteiger partial charge on any atom is -0.387 e. The molecule has 0 saturated heterocycles. The van der Waals surface area contributed by atoms with Crippen molar-refractivity contribution in [3.05, 3.63) is 60.8 Å². The van der Waals surface area contributed by atoms with Crippen LogP contribution < -0.4 is 5.32 Å². The Balaban J connectivity index is 4.45. The Bertz CT molecular complexity index is 1100. The molecule has 326 valence electrons. The van der Waals surface area contributed by atoms with Crippen LogP contribution in [0, 0.1) is 0 Å². The zero-order chi connectivity index (χ0) is 41.4. The Morgan fingerprint density at radius 3 is 1.57 bits per heavy atom. The summed E-state index contributed by atoms with van der Waals surface area (Å²) in [4.78, 5) is 23.1. The van der Waals surface area contributed by atoms with Gasteiger partial charge in [0.2, 0.25) is 5.91 Å². The maximum absolute atomic E-state index is 12.9. The van der Waals surface area contributed by atoms with E-state index in [0.717, 1.165) is 77.0 Å². The molecule has 0 bridgehead atoms. The monoisotopic (exact) mass is 808 g/mol. The van der Waals surface area contributed by atoms with Crippen LogP contribution in [0.4, 0.5) is 0 Å². The highest BCUT2D eigenvalue weighted by atomic mass is 31.2. The number of carbonyl (C=O) groups is 1. The molecule has 0 aliphatic rings. The third kappa shape index (κ3) is 40.4. The molecule has 0 radical (unpaired) electrons. The third-order valence-electron chi connectivity index (χ3n) is 9.74. The summed E-state index contributed by atoms with van der Waals surface area (Å²) in [5.74, 6) is -0.194. The van der Waals surface area contributed by atoms with Gasteiger partial charge in [-0.05, 0) is 57.8 Å². The number of allylic oxidation sites excluding steroid dienone is 9. The largest absolute Gasteiger partial charge is 0.472 e. The van der Waals surface area contributed by atoms with Crippen LogP contribution in [0.2, 0.25) is 0 Å². The number of carbonyl (C=O) groups excluding carboxylic acids is 1. The maximum Gasteiger partial charge on any atom is 0.472 e. The molecule has 0 aliphatic carbocycles. The zero-order valence-electron chi connectivity index (χ0n) is 36.9. The standard InChI is InChI=1S/C47H87N2O6P/c1-6-8-10-12-14-16-18-20-22-23-24-25-27-29-31-33-35-37-39-41-47(51)48-45(44-55-56(52,53)54-43-42-49(3,4)5)46(50)40-38-36-34-32-30-28-26-21-19-17-15-13-11-9-7-2/h8,10,14,16,20,22,24-25,38,40,45-46,50H,6-7,9,11-13,15,17-19,21,23,26-37,39,41-44H2,1-5H3,(H-,48,51,52,53)/p+1/b10-8-,16-14-,22-20-,25-24-,40-38+. The topological polar surface area (TPSA) is 105 Å². The van der Waals surface area contributed by atoms with Gasteiger partial charge < -0.3 is 19.8 Å². The van der Waals surface area contributed by atoms with Crippen molar-refractivity contribution in [2.45, 2.75) is 193 Å². The van der Waals surface area contributed by atoms with E-state index in [9.17, 15) is 19.4 Å². The summed E-state index contributed by atoms with van der Waals surface area (Å²) in [6.07, 6.45) is 50.0. The fourth-order valence-electron chi connectivity index (χ4n) is 6.15. The van der Waals surface area contributed by atoms with Gasteiger partial charge in [0.15, 0.2) is 0 Å². The summed E-state index contributed by atoms with van der Waals surface area (Å²) in [6.45, 7) is 4.68. The van der Waals surface area contributed by atoms with Crippen molar-refractivity contribution < 1.29 is 32.9 Å². The van der Waals surface area contributed by atoms with Gasteiger partial charge in [-0.1, -0.05) is 177 Å². The van der Waals surface area contributed by atoms with E-state index < -0.39 is 20.0 Å². The van der Waals surface area contributed by atoms with E-state index in [1.54, 1.807) is 6.08 Å². The first-order valence-electron chi connectivity index (χ1n) is 22.7. The molecule has 0 rings (SSSR count). The molecule has 3 unspecified atom stereocenters.